The Kier molecular flexibility index (Phi) is 6.83. The van der Waals surface area contributed by atoms with Crippen molar-refractivity contribution in [1.82, 2.24) is 19.2 Å². The van der Waals surface area contributed by atoms with Crippen LogP contribution in [0.3, 0.4) is 0 Å². The first-order valence-electron chi connectivity index (χ1n) is 10.9. The number of sulfonamides is 1. The van der Waals surface area contributed by atoms with Crippen LogP contribution in [-0.4, -0.2) is 47.8 Å². The number of benzene rings is 2. The number of para-hydroxylation sites is 2. The van der Waals surface area contributed by atoms with Gasteiger partial charge in [0.25, 0.3) is 5.91 Å². The molecule has 2 aromatic carbocycles. The Morgan fingerprint density at radius 2 is 1.88 bits per heavy atom. The number of hydrogen-bond acceptors (Lipinski definition) is 4. The fourth-order valence-corrected chi connectivity index (χ4v) is 6.12. The van der Waals surface area contributed by atoms with Crippen LogP contribution in [0.2, 0.25) is 5.02 Å². The lowest BCUT2D eigenvalue weighted by Crippen LogP contribution is -2.36. The Morgan fingerprint density at radius 3 is 2.66 bits per heavy atom. The Bertz CT molecular complexity index is 1230. The highest BCUT2D eigenvalue weighted by atomic mass is 35.5. The van der Waals surface area contributed by atoms with Gasteiger partial charge in [0.1, 0.15) is 10.7 Å². The van der Waals surface area contributed by atoms with E-state index < -0.39 is 10.0 Å². The second-order valence-electron chi connectivity index (χ2n) is 8.02. The summed E-state index contributed by atoms with van der Waals surface area (Å²) in [5.74, 6) is 0.617. The van der Waals surface area contributed by atoms with Crippen LogP contribution in [0.15, 0.2) is 47.4 Å². The van der Waals surface area contributed by atoms with Crippen LogP contribution < -0.4 is 5.32 Å². The molecular formula is C23H27ClN4O3S. The molecule has 1 amide bonds. The third-order valence-corrected chi connectivity index (χ3v) is 8.20. The van der Waals surface area contributed by atoms with Crippen LogP contribution >= 0.6 is 11.6 Å². The quantitative estimate of drug-likeness (QED) is 0.524. The maximum atomic E-state index is 13.0. The largest absolute Gasteiger partial charge is 0.352 e. The van der Waals surface area contributed by atoms with Gasteiger partial charge in [-0.05, 0) is 56.5 Å². The third kappa shape index (κ3) is 4.67. The Morgan fingerprint density at radius 1 is 1.12 bits per heavy atom. The van der Waals surface area contributed by atoms with E-state index >= 15 is 0 Å². The molecule has 0 bridgehead atoms. The van der Waals surface area contributed by atoms with Gasteiger partial charge in [-0.25, -0.2) is 13.4 Å². The van der Waals surface area contributed by atoms with E-state index in [4.69, 9.17) is 11.6 Å². The number of carbonyl (C=O) groups excluding carboxylic acids is 1. The number of aromatic nitrogens is 2. The predicted molar refractivity (Wildman–Crippen MR) is 125 cm³/mol. The van der Waals surface area contributed by atoms with Crippen molar-refractivity contribution in [3.63, 3.8) is 0 Å². The maximum Gasteiger partial charge on any atom is 0.251 e. The molecule has 0 atom stereocenters. The highest BCUT2D eigenvalue weighted by Crippen LogP contribution is 2.28. The van der Waals surface area contributed by atoms with E-state index in [1.165, 1.54) is 16.4 Å². The molecule has 0 spiro atoms. The second-order valence-corrected chi connectivity index (χ2v) is 10.3. The van der Waals surface area contributed by atoms with Gasteiger partial charge in [0.05, 0.1) is 16.1 Å². The molecule has 1 aliphatic heterocycles. The molecule has 3 aromatic rings. The number of rotatable bonds is 7. The van der Waals surface area contributed by atoms with E-state index in [0.717, 1.165) is 49.1 Å². The highest BCUT2D eigenvalue weighted by molar-refractivity contribution is 7.89. The molecule has 32 heavy (non-hydrogen) atoms. The summed E-state index contributed by atoms with van der Waals surface area (Å²) >= 11 is 6.20. The molecule has 2 heterocycles. The van der Waals surface area contributed by atoms with Gasteiger partial charge in [-0.1, -0.05) is 30.2 Å². The lowest BCUT2D eigenvalue weighted by molar-refractivity contribution is 0.0952. The first-order chi connectivity index (χ1) is 15.4. The van der Waals surface area contributed by atoms with Crippen molar-refractivity contribution in [2.75, 3.05) is 19.6 Å². The number of nitrogens with zero attached hydrogens (tertiary/aromatic N) is 3. The van der Waals surface area contributed by atoms with Gasteiger partial charge in [0.15, 0.2) is 0 Å². The number of fused-ring (bicyclic) bond motifs is 1. The number of amides is 1. The van der Waals surface area contributed by atoms with Crippen molar-refractivity contribution in [3.05, 3.63) is 58.9 Å². The summed E-state index contributed by atoms with van der Waals surface area (Å²) in [7, 11) is -3.72. The molecule has 170 valence electrons. The normalized spacial score (nSPS) is 15.2. The van der Waals surface area contributed by atoms with Crippen molar-refractivity contribution in [2.24, 2.45) is 0 Å². The fraction of sp³-hybridized carbons (Fsp3) is 0.391. The monoisotopic (exact) mass is 474 g/mol. The number of imidazole rings is 1. The molecule has 1 fully saturated rings. The van der Waals surface area contributed by atoms with Crippen molar-refractivity contribution in [1.29, 1.82) is 0 Å². The van der Waals surface area contributed by atoms with Crippen LogP contribution in [0.1, 0.15) is 41.9 Å². The summed E-state index contributed by atoms with van der Waals surface area (Å²) in [5, 5.41) is 3.02. The average Bonchev–Trinajstić information content (AvgIpc) is 3.12. The molecule has 0 radical (unpaired) electrons. The number of aryl methyl sites for hydroxylation is 2. The lowest BCUT2D eigenvalue weighted by atomic mass is 10.2. The molecule has 7 nitrogen and oxygen atoms in total. The molecule has 0 saturated carbocycles. The Balaban J connectivity index is 1.40. The van der Waals surface area contributed by atoms with Gasteiger partial charge < -0.3 is 9.88 Å². The number of carbonyl (C=O) groups is 1. The number of piperidine rings is 1. The lowest BCUT2D eigenvalue weighted by Gasteiger charge is -2.26. The topological polar surface area (TPSA) is 84.3 Å². The van der Waals surface area contributed by atoms with E-state index in [1.807, 2.05) is 31.2 Å². The minimum absolute atomic E-state index is 0.00535. The molecule has 1 N–H and O–H groups in total. The predicted octanol–water partition coefficient (Wildman–Crippen LogP) is 3.99. The zero-order valence-electron chi connectivity index (χ0n) is 18.1. The Hall–Kier alpha value is -2.42. The van der Waals surface area contributed by atoms with Crippen molar-refractivity contribution in [2.45, 2.75) is 44.0 Å². The van der Waals surface area contributed by atoms with Gasteiger partial charge >= 0.3 is 0 Å². The maximum absolute atomic E-state index is 13.0. The molecule has 9 heteroatoms. The van der Waals surface area contributed by atoms with Gasteiger partial charge in [-0.3, -0.25) is 4.79 Å². The van der Waals surface area contributed by atoms with Gasteiger partial charge in [0, 0.05) is 31.7 Å². The van der Waals surface area contributed by atoms with Crippen LogP contribution in [0, 0.1) is 6.92 Å². The van der Waals surface area contributed by atoms with E-state index in [9.17, 15) is 13.2 Å². The van der Waals surface area contributed by atoms with Crippen molar-refractivity contribution >= 4 is 38.6 Å². The number of nitrogens with one attached hydrogen (secondary N) is 1. The summed E-state index contributed by atoms with van der Waals surface area (Å²) in [6.45, 7) is 4.12. The molecule has 1 saturated heterocycles. The third-order valence-electron chi connectivity index (χ3n) is 5.82. The first kappa shape index (κ1) is 22.8. The minimum Gasteiger partial charge on any atom is -0.352 e. The molecule has 0 aliphatic carbocycles. The second kappa shape index (κ2) is 9.60. The Labute approximate surface area is 193 Å². The zero-order valence-corrected chi connectivity index (χ0v) is 19.6. The first-order valence-corrected chi connectivity index (χ1v) is 12.7. The van der Waals surface area contributed by atoms with Crippen molar-refractivity contribution in [3.8, 4) is 0 Å². The van der Waals surface area contributed by atoms with E-state index in [2.05, 4.69) is 14.9 Å². The van der Waals surface area contributed by atoms with Crippen LogP contribution in [0.4, 0.5) is 0 Å². The standard InChI is InChI=1S/C23H27ClN4O3S/c1-17-26-20-8-3-4-9-21(20)28(17)15-7-12-25-23(29)18-10-11-19(24)22(16-18)32(30,31)27-13-5-2-6-14-27/h3-4,8-11,16H,2,5-7,12-15H2,1H3,(H,25,29). The van der Waals surface area contributed by atoms with E-state index in [1.54, 1.807) is 6.07 Å². The number of hydrogen-bond donors (Lipinski definition) is 1. The average molecular weight is 475 g/mol. The highest BCUT2D eigenvalue weighted by Gasteiger charge is 2.28. The van der Waals surface area contributed by atoms with Crippen LogP contribution in [0.5, 0.6) is 0 Å². The minimum atomic E-state index is -3.72. The van der Waals surface area contributed by atoms with E-state index in [0.29, 0.717) is 19.6 Å². The van der Waals surface area contributed by atoms with Gasteiger partial charge in [-0.2, -0.15) is 4.31 Å². The summed E-state index contributed by atoms with van der Waals surface area (Å²) in [4.78, 5) is 17.2. The molecular weight excluding hydrogens is 448 g/mol. The SMILES string of the molecule is Cc1nc2ccccc2n1CCCNC(=O)c1ccc(Cl)c(S(=O)(=O)N2CCCCC2)c1. The molecule has 0 unspecified atom stereocenters. The zero-order chi connectivity index (χ0) is 22.7. The van der Waals surface area contributed by atoms with Gasteiger partial charge in [0.2, 0.25) is 10.0 Å². The summed E-state index contributed by atoms with van der Waals surface area (Å²) < 4.78 is 29.6. The van der Waals surface area contributed by atoms with Crippen LogP contribution in [-0.2, 0) is 16.6 Å². The van der Waals surface area contributed by atoms with Crippen LogP contribution in [0.25, 0.3) is 11.0 Å². The molecule has 4 rings (SSSR count). The smallest absolute Gasteiger partial charge is 0.251 e. The molecule has 1 aromatic heterocycles. The summed E-state index contributed by atoms with van der Waals surface area (Å²) in [6.07, 6.45) is 3.42. The van der Waals surface area contributed by atoms with Crippen molar-refractivity contribution < 1.29 is 13.2 Å². The molecule has 1 aliphatic rings. The number of halogens is 1. The van der Waals surface area contributed by atoms with E-state index in [-0.39, 0.29) is 21.4 Å². The fourth-order valence-electron chi connectivity index (χ4n) is 4.11. The summed E-state index contributed by atoms with van der Waals surface area (Å²) in [5.41, 5.74) is 2.31. The summed E-state index contributed by atoms with van der Waals surface area (Å²) in [6, 6.07) is 12.4. The van der Waals surface area contributed by atoms with Gasteiger partial charge in [-0.15, -0.1) is 0 Å².